The quantitative estimate of drug-likeness (QED) is 0.719. The first-order chi connectivity index (χ1) is 6.16. The number of fused-ring (bicyclic) bond motifs is 1. The van der Waals surface area contributed by atoms with Crippen molar-refractivity contribution in [1.82, 2.24) is 4.98 Å². The minimum Gasteiger partial charge on any atom is -0.399 e. The predicted molar refractivity (Wildman–Crippen MR) is 49.0 cm³/mol. The molecule has 0 saturated heterocycles. The predicted octanol–water partition coefficient (Wildman–Crippen LogP) is 2.82. The van der Waals surface area contributed by atoms with E-state index in [9.17, 15) is 8.78 Å². The van der Waals surface area contributed by atoms with Gasteiger partial charge < -0.3 is 5.73 Å². The van der Waals surface area contributed by atoms with Crippen molar-refractivity contribution in [3.63, 3.8) is 0 Å². The van der Waals surface area contributed by atoms with Gasteiger partial charge in [0.25, 0.3) is 6.43 Å². The Labute approximate surface area is 77.0 Å². The van der Waals surface area contributed by atoms with Gasteiger partial charge in [-0.1, -0.05) is 0 Å². The Balaban J connectivity index is 2.62. The number of rotatable bonds is 1. The molecule has 2 aromatic rings. The van der Waals surface area contributed by atoms with Crippen LogP contribution in [0.1, 0.15) is 11.4 Å². The van der Waals surface area contributed by atoms with Crippen LogP contribution in [0.4, 0.5) is 14.5 Å². The second-order valence-electron chi connectivity index (χ2n) is 2.58. The molecular formula is C8H6F2N2S. The average Bonchev–Trinajstić information content (AvgIpc) is 2.46. The summed E-state index contributed by atoms with van der Waals surface area (Å²) < 4.78 is 25.1. The average molecular weight is 200 g/mol. The Morgan fingerprint density at radius 1 is 1.38 bits per heavy atom. The van der Waals surface area contributed by atoms with E-state index in [1.54, 1.807) is 18.2 Å². The molecule has 0 bridgehead atoms. The summed E-state index contributed by atoms with van der Waals surface area (Å²) in [6, 6.07) is 4.95. The zero-order valence-corrected chi connectivity index (χ0v) is 7.31. The third kappa shape index (κ3) is 1.47. The largest absolute Gasteiger partial charge is 0.399 e. The first-order valence-corrected chi connectivity index (χ1v) is 4.42. The lowest BCUT2D eigenvalue weighted by atomic mass is 10.3. The summed E-state index contributed by atoms with van der Waals surface area (Å²) in [5.41, 5.74) is 6.65. The number of hydrogen-bond donors (Lipinski definition) is 1. The number of nitrogens with zero attached hydrogens (tertiary/aromatic N) is 1. The second-order valence-corrected chi connectivity index (χ2v) is 3.64. The number of alkyl halides is 2. The Kier molecular flexibility index (Phi) is 1.88. The molecule has 0 amide bonds. The van der Waals surface area contributed by atoms with Gasteiger partial charge >= 0.3 is 0 Å². The highest BCUT2D eigenvalue weighted by Crippen LogP contribution is 2.29. The van der Waals surface area contributed by atoms with Crippen LogP contribution in [0.3, 0.4) is 0 Å². The van der Waals surface area contributed by atoms with Gasteiger partial charge in [0.1, 0.15) is 0 Å². The number of halogens is 2. The van der Waals surface area contributed by atoms with E-state index in [1.807, 2.05) is 0 Å². The topological polar surface area (TPSA) is 38.9 Å². The molecule has 0 fully saturated rings. The highest BCUT2D eigenvalue weighted by Gasteiger charge is 2.12. The molecule has 2 N–H and O–H groups in total. The zero-order valence-electron chi connectivity index (χ0n) is 6.50. The number of benzene rings is 1. The number of nitrogens with two attached hydrogens (primary N) is 1. The Morgan fingerprint density at radius 3 is 2.85 bits per heavy atom. The third-order valence-corrected chi connectivity index (χ3v) is 2.64. The number of aromatic nitrogens is 1. The van der Waals surface area contributed by atoms with Crippen LogP contribution in [0.15, 0.2) is 18.2 Å². The van der Waals surface area contributed by atoms with Crippen LogP contribution in [0.5, 0.6) is 0 Å². The molecule has 13 heavy (non-hydrogen) atoms. The molecule has 0 aliphatic carbocycles. The fraction of sp³-hybridized carbons (Fsp3) is 0.125. The first kappa shape index (κ1) is 8.37. The molecule has 0 saturated carbocycles. The van der Waals surface area contributed by atoms with Crippen LogP contribution in [-0.4, -0.2) is 4.98 Å². The molecule has 5 heteroatoms. The van der Waals surface area contributed by atoms with Crippen LogP contribution in [0, 0.1) is 0 Å². The normalized spacial score (nSPS) is 11.3. The monoisotopic (exact) mass is 200 g/mol. The van der Waals surface area contributed by atoms with E-state index in [-0.39, 0.29) is 5.01 Å². The van der Waals surface area contributed by atoms with E-state index >= 15 is 0 Å². The van der Waals surface area contributed by atoms with Crippen LogP contribution >= 0.6 is 11.3 Å². The summed E-state index contributed by atoms with van der Waals surface area (Å²) in [4.78, 5) is 3.77. The molecule has 2 rings (SSSR count). The smallest absolute Gasteiger partial charge is 0.289 e. The summed E-state index contributed by atoms with van der Waals surface area (Å²) in [5.74, 6) is 0. The molecule has 1 aromatic heterocycles. The van der Waals surface area contributed by atoms with Gasteiger partial charge in [0, 0.05) is 5.69 Å². The lowest BCUT2D eigenvalue weighted by molar-refractivity contribution is 0.151. The molecule has 0 unspecified atom stereocenters. The Morgan fingerprint density at radius 2 is 2.15 bits per heavy atom. The van der Waals surface area contributed by atoms with E-state index in [0.29, 0.717) is 15.9 Å². The molecule has 68 valence electrons. The molecule has 2 nitrogen and oxygen atoms in total. The summed E-state index contributed by atoms with van der Waals surface area (Å²) >= 11 is 0.978. The standard InChI is InChI=1S/C8H6F2N2S/c9-7(10)8-12-5-2-1-4(11)3-6(5)13-8/h1-3,7H,11H2. The summed E-state index contributed by atoms with van der Waals surface area (Å²) in [6.45, 7) is 0. The fourth-order valence-corrected chi connectivity index (χ4v) is 1.92. The SMILES string of the molecule is Nc1ccc2nc(C(F)F)sc2c1. The van der Waals surface area contributed by atoms with Gasteiger partial charge in [0.05, 0.1) is 10.2 Å². The van der Waals surface area contributed by atoms with Crippen molar-refractivity contribution in [2.75, 3.05) is 5.73 Å². The van der Waals surface area contributed by atoms with Crippen molar-refractivity contribution >= 4 is 27.2 Å². The van der Waals surface area contributed by atoms with Gasteiger partial charge in [0.2, 0.25) is 0 Å². The number of hydrogen-bond acceptors (Lipinski definition) is 3. The van der Waals surface area contributed by atoms with Gasteiger partial charge in [-0.3, -0.25) is 0 Å². The number of thiazole rings is 1. The van der Waals surface area contributed by atoms with Crippen molar-refractivity contribution in [2.24, 2.45) is 0 Å². The summed E-state index contributed by atoms with van der Waals surface area (Å²) in [5, 5.41) is -0.152. The molecule has 1 heterocycles. The summed E-state index contributed by atoms with van der Waals surface area (Å²) in [7, 11) is 0. The van der Waals surface area contributed by atoms with Crippen LogP contribution < -0.4 is 5.73 Å². The Bertz CT molecular complexity index is 439. The van der Waals surface area contributed by atoms with E-state index in [4.69, 9.17) is 5.73 Å². The van der Waals surface area contributed by atoms with E-state index in [0.717, 1.165) is 11.3 Å². The van der Waals surface area contributed by atoms with Crippen LogP contribution in [0.25, 0.3) is 10.2 Å². The van der Waals surface area contributed by atoms with Crippen LogP contribution in [-0.2, 0) is 0 Å². The van der Waals surface area contributed by atoms with Gasteiger partial charge in [-0.2, -0.15) is 0 Å². The van der Waals surface area contributed by atoms with Gasteiger partial charge in [-0.25, -0.2) is 13.8 Å². The minimum absolute atomic E-state index is 0.152. The maximum atomic E-state index is 12.2. The summed E-state index contributed by atoms with van der Waals surface area (Å²) in [6.07, 6.45) is -2.50. The van der Waals surface area contributed by atoms with Gasteiger partial charge in [0.15, 0.2) is 5.01 Å². The van der Waals surface area contributed by atoms with Crippen molar-refractivity contribution in [3.8, 4) is 0 Å². The van der Waals surface area contributed by atoms with Crippen molar-refractivity contribution in [3.05, 3.63) is 23.2 Å². The highest BCUT2D eigenvalue weighted by atomic mass is 32.1. The van der Waals surface area contributed by atoms with E-state index in [1.165, 1.54) is 0 Å². The Hall–Kier alpha value is -1.23. The van der Waals surface area contributed by atoms with Crippen molar-refractivity contribution in [2.45, 2.75) is 6.43 Å². The molecule has 0 radical (unpaired) electrons. The molecule has 0 aliphatic rings. The lowest BCUT2D eigenvalue weighted by Crippen LogP contribution is -1.82. The van der Waals surface area contributed by atoms with Crippen LogP contribution in [0.2, 0.25) is 0 Å². The fourth-order valence-electron chi connectivity index (χ4n) is 1.05. The lowest BCUT2D eigenvalue weighted by Gasteiger charge is -1.89. The minimum atomic E-state index is -2.50. The number of anilines is 1. The van der Waals surface area contributed by atoms with Gasteiger partial charge in [-0.05, 0) is 18.2 Å². The molecule has 0 atom stereocenters. The second kappa shape index (κ2) is 2.92. The maximum Gasteiger partial charge on any atom is 0.289 e. The molecule has 1 aromatic carbocycles. The number of nitrogen functional groups attached to an aromatic ring is 1. The zero-order chi connectivity index (χ0) is 9.42. The molecular weight excluding hydrogens is 194 g/mol. The maximum absolute atomic E-state index is 12.2. The van der Waals surface area contributed by atoms with E-state index in [2.05, 4.69) is 4.98 Å². The molecule has 0 spiro atoms. The van der Waals surface area contributed by atoms with Gasteiger partial charge in [-0.15, -0.1) is 11.3 Å². The van der Waals surface area contributed by atoms with E-state index < -0.39 is 6.43 Å². The van der Waals surface area contributed by atoms with Crippen molar-refractivity contribution in [1.29, 1.82) is 0 Å². The first-order valence-electron chi connectivity index (χ1n) is 3.61. The van der Waals surface area contributed by atoms with Crippen molar-refractivity contribution < 1.29 is 8.78 Å². The molecule has 0 aliphatic heterocycles. The highest BCUT2D eigenvalue weighted by molar-refractivity contribution is 7.18. The third-order valence-electron chi connectivity index (χ3n) is 1.62.